The number of nitrogens with zero attached hydrogens (tertiary/aromatic N) is 2. The minimum Gasteiger partial charge on any atom is -0.379 e. The van der Waals surface area contributed by atoms with Gasteiger partial charge in [-0.2, -0.15) is 0 Å². The van der Waals surface area contributed by atoms with Crippen LogP contribution in [0.25, 0.3) is 0 Å². The zero-order valence-electron chi connectivity index (χ0n) is 11.4. The van der Waals surface area contributed by atoms with Gasteiger partial charge in [-0.25, -0.2) is 4.98 Å². The highest BCUT2D eigenvalue weighted by molar-refractivity contribution is 7.11. The molecule has 0 atom stereocenters. The van der Waals surface area contributed by atoms with Crippen molar-refractivity contribution in [1.29, 1.82) is 0 Å². The molecule has 0 aromatic carbocycles. The number of hydrogen-bond donors (Lipinski definition) is 1. The zero-order valence-corrected chi connectivity index (χ0v) is 12.2. The zero-order chi connectivity index (χ0) is 12.8. The van der Waals surface area contributed by atoms with Crippen molar-refractivity contribution in [3.8, 4) is 0 Å². The number of nitrogens with one attached hydrogen (secondary N) is 1. The van der Waals surface area contributed by atoms with Crippen LogP contribution >= 0.6 is 11.3 Å². The van der Waals surface area contributed by atoms with E-state index < -0.39 is 0 Å². The second-order valence-corrected chi connectivity index (χ2v) is 5.73. The van der Waals surface area contributed by atoms with Gasteiger partial charge < -0.3 is 10.1 Å². The Labute approximate surface area is 113 Å². The number of rotatable bonds is 6. The Kier molecular flexibility index (Phi) is 5.56. The first kappa shape index (κ1) is 13.9. The topological polar surface area (TPSA) is 37.4 Å². The van der Waals surface area contributed by atoms with Gasteiger partial charge in [-0.3, -0.25) is 4.90 Å². The average Bonchev–Trinajstić information content (AvgIpc) is 2.80. The summed E-state index contributed by atoms with van der Waals surface area (Å²) in [5.41, 5.74) is 1.27. The molecule has 1 aliphatic heterocycles. The van der Waals surface area contributed by atoms with Crippen LogP contribution in [0.4, 0.5) is 0 Å². The highest BCUT2D eigenvalue weighted by Crippen LogP contribution is 2.20. The van der Waals surface area contributed by atoms with Gasteiger partial charge >= 0.3 is 0 Å². The quantitative estimate of drug-likeness (QED) is 0.845. The first-order valence-electron chi connectivity index (χ1n) is 6.75. The van der Waals surface area contributed by atoms with Crippen LogP contribution in [0.1, 0.15) is 22.5 Å². The summed E-state index contributed by atoms with van der Waals surface area (Å²) in [5.74, 6) is 0. The molecule has 1 aromatic rings. The number of morpholine rings is 1. The molecule has 0 bridgehead atoms. The van der Waals surface area contributed by atoms with Crippen molar-refractivity contribution in [2.24, 2.45) is 0 Å². The van der Waals surface area contributed by atoms with Crippen LogP contribution in [0.15, 0.2) is 0 Å². The third-order valence-electron chi connectivity index (χ3n) is 3.24. The maximum atomic E-state index is 5.36. The monoisotopic (exact) mass is 269 g/mol. The van der Waals surface area contributed by atoms with Crippen LogP contribution in [0.5, 0.6) is 0 Å². The fraction of sp³-hybridized carbons (Fsp3) is 0.769. The second kappa shape index (κ2) is 7.19. The molecule has 18 heavy (non-hydrogen) atoms. The molecule has 0 spiro atoms. The largest absolute Gasteiger partial charge is 0.379 e. The molecule has 4 nitrogen and oxygen atoms in total. The number of thiazole rings is 1. The number of ether oxygens (including phenoxy) is 1. The molecule has 0 amide bonds. The Balaban J connectivity index is 1.88. The van der Waals surface area contributed by atoms with Gasteiger partial charge in [0.05, 0.1) is 23.9 Å². The van der Waals surface area contributed by atoms with Crippen molar-refractivity contribution in [2.45, 2.75) is 26.3 Å². The van der Waals surface area contributed by atoms with E-state index in [4.69, 9.17) is 9.72 Å². The van der Waals surface area contributed by atoms with Crippen LogP contribution in [0.3, 0.4) is 0 Å². The lowest BCUT2D eigenvalue weighted by molar-refractivity contribution is 0.0384. The number of hydrogen-bond acceptors (Lipinski definition) is 5. The van der Waals surface area contributed by atoms with Gasteiger partial charge in [0.2, 0.25) is 0 Å². The predicted octanol–water partition coefficient (Wildman–Crippen LogP) is 1.30. The van der Waals surface area contributed by atoms with E-state index in [0.29, 0.717) is 0 Å². The Bertz CT molecular complexity index is 361. The first-order chi connectivity index (χ1) is 8.83. The molecule has 5 heteroatoms. The van der Waals surface area contributed by atoms with Gasteiger partial charge in [0, 0.05) is 37.5 Å². The lowest BCUT2D eigenvalue weighted by atomic mass is 10.3. The van der Waals surface area contributed by atoms with Crippen LogP contribution in [-0.2, 0) is 24.1 Å². The van der Waals surface area contributed by atoms with Crippen molar-refractivity contribution < 1.29 is 4.74 Å². The Morgan fingerprint density at radius 3 is 2.83 bits per heavy atom. The van der Waals surface area contributed by atoms with Crippen LogP contribution < -0.4 is 5.32 Å². The highest BCUT2D eigenvalue weighted by Gasteiger charge is 2.13. The van der Waals surface area contributed by atoms with Crippen LogP contribution in [0.2, 0.25) is 0 Å². The fourth-order valence-electron chi connectivity index (χ4n) is 2.20. The molecule has 0 saturated carbocycles. The molecular formula is C13H23N3OS. The standard InChI is InChI=1S/C13H23N3OS/c1-3-11-12(10-14-2)18-13(15-11)4-5-16-6-8-17-9-7-16/h14H,3-10H2,1-2H3. The molecule has 2 heterocycles. The lowest BCUT2D eigenvalue weighted by Gasteiger charge is -2.25. The van der Waals surface area contributed by atoms with Gasteiger partial charge in [0.25, 0.3) is 0 Å². The van der Waals surface area contributed by atoms with E-state index in [9.17, 15) is 0 Å². The molecule has 0 radical (unpaired) electrons. The summed E-state index contributed by atoms with van der Waals surface area (Å²) in [4.78, 5) is 8.62. The summed E-state index contributed by atoms with van der Waals surface area (Å²) < 4.78 is 5.36. The smallest absolute Gasteiger partial charge is 0.0944 e. The molecule has 1 saturated heterocycles. The van der Waals surface area contributed by atoms with E-state index in [1.165, 1.54) is 15.6 Å². The fourth-order valence-corrected chi connectivity index (χ4v) is 3.36. The molecule has 1 aromatic heterocycles. The molecule has 2 rings (SSSR count). The summed E-state index contributed by atoms with van der Waals surface area (Å²) in [5, 5.41) is 4.50. The molecule has 1 fully saturated rings. The molecule has 102 valence electrons. The third kappa shape index (κ3) is 3.75. The van der Waals surface area contributed by atoms with Gasteiger partial charge in [0.1, 0.15) is 0 Å². The van der Waals surface area contributed by atoms with Gasteiger partial charge in [-0.1, -0.05) is 6.92 Å². The normalized spacial score (nSPS) is 17.2. The van der Waals surface area contributed by atoms with E-state index in [1.54, 1.807) is 0 Å². The summed E-state index contributed by atoms with van der Waals surface area (Å²) in [6, 6.07) is 0. The summed E-state index contributed by atoms with van der Waals surface area (Å²) in [7, 11) is 1.99. The van der Waals surface area contributed by atoms with E-state index >= 15 is 0 Å². The minimum atomic E-state index is 0.878. The average molecular weight is 269 g/mol. The van der Waals surface area contributed by atoms with Crippen molar-refractivity contribution in [1.82, 2.24) is 15.2 Å². The Morgan fingerprint density at radius 2 is 2.17 bits per heavy atom. The second-order valence-electron chi connectivity index (χ2n) is 4.57. The summed E-state index contributed by atoms with van der Waals surface area (Å²) >= 11 is 1.87. The Morgan fingerprint density at radius 1 is 1.39 bits per heavy atom. The van der Waals surface area contributed by atoms with Crippen molar-refractivity contribution in [3.63, 3.8) is 0 Å². The van der Waals surface area contributed by atoms with E-state index in [2.05, 4.69) is 17.1 Å². The van der Waals surface area contributed by atoms with E-state index in [1.807, 2.05) is 18.4 Å². The molecular weight excluding hydrogens is 246 g/mol. The maximum Gasteiger partial charge on any atom is 0.0944 e. The van der Waals surface area contributed by atoms with Crippen LogP contribution in [-0.4, -0.2) is 49.8 Å². The third-order valence-corrected chi connectivity index (χ3v) is 4.40. The molecule has 0 aliphatic carbocycles. The lowest BCUT2D eigenvalue weighted by Crippen LogP contribution is -2.37. The number of aromatic nitrogens is 1. The van der Waals surface area contributed by atoms with Gasteiger partial charge in [-0.15, -0.1) is 11.3 Å². The first-order valence-corrected chi connectivity index (χ1v) is 7.57. The van der Waals surface area contributed by atoms with Gasteiger partial charge in [0.15, 0.2) is 0 Å². The Hall–Kier alpha value is -0.490. The van der Waals surface area contributed by atoms with E-state index in [0.717, 1.165) is 52.2 Å². The van der Waals surface area contributed by atoms with Gasteiger partial charge in [-0.05, 0) is 13.5 Å². The van der Waals surface area contributed by atoms with Crippen LogP contribution in [0, 0.1) is 0 Å². The highest BCUT2D eigenvalue weighted by atomic mass is 32.1. The summed E-state index contributed by atoms with van der Waals surface area (Å²) in [6.07, 6.45) is 2.10. The maximum absolute atomic E-state index is 5.36. The molecule has 0 unspecified atom stereocenters. The van der Waals surface area contributed by atoms with Crippen molar-refractivity contribution >= 4 is 11.3 Å². The van der Waals surface area contributed by atoms with Crippen molar-refractivity contribution in [2.75, 3.05) is 39.9 Å². The predicted molar refractivity (Wildman–Crippen MR) is 75.2 cm³/mol. The minimum absolute atomic E-state index is 0.878. The molecule has 1 aliphatic rings. The van der Waals surface area contributed by atoms with E-state index in [-0.39, 0.29) is 0 Å². The molecule has 1 N–H and O–H groups in total. The van der Waals surface area contributed by atoms with Crippen molar-refractivity contribution in [3.05, 3.63) is 15.6 Å². The number of aryl methyl sites for hydroxylation is 1. The SMILES string of the molecule is CCc1nc(CCN2CCOCC2)sc1CNC. The summed E-state index contributed by atoms with van der Waals surface area (Å²) in [6.45, 7) is 8.12.